The van der Waals surface area contributed by atoms with Crippen LogP contribution in [0.3, 0.4) is 0 Å². The molecular formula is C14H14O2S. The quantitative estimate of drug-likeness (QED) is 0.808. The van der Waals surface area contributed by atoms with Gasteiger partial charge in [-0.15, -0.1) is 11.3 Å². The van der Waals surface area contributed by atoms with Crippen LogP contribution in [0.25, 0.3) is 0 Å². The molecule has 1 aromatic carbocycles. The van der Waals surface area contributed by atoms with Gasteiger partial charge in [-0.25, -0.2) is 0 Å². The Kier molecular flexibility index (Phi) is 2.87. The number of hydrogen-bond acceptors (Lipinski definition) is 3. The Hall–Kier alpha value is -1.32. The maximum atomic E-state index is 5.89. The molecule has 1 atom stereocenters. The van der Waals surface area contributed by atoms with Crippen molar-refractivity contribution in [2.45, 2.75) is 12.5 Å². The molecule has 0 fully saturated rings. The second kappa shape index (κ2) is 4.51. The van der Waals surface area contributed by atoms with Gasteiger partial charge in [0.05, 0.1) is 13.7 Å². The fraction of sp³-hybridized carbons (Fsp3) is 0.286. The number of benzene rings is 1. The summed E-state index contributed by atoms with van der Waals surface area (Å²) in [5.74, 6) is 0.885. The van der Waals surface area contributed by atoms with Crippen molar-refractivity contribution in [3.8, 4) is 5.75 Å². The molecular weight excluding hydrogens is 232 g/mol. The Bertz CT molecular complexity index is 501. The fourth-order valence-corrected chi connectivity index (χ4v) is 3.20. The summed E-state index contributed by atoms with van der Waals surface area (Å²) in [6.45, 7) is 0.806. The van der Waals surface area contributed by atoms with Crippen LogP contribution in [0.15, 0.2) is 35.7 Å². The molecule has 88 valence electrons. The van der Waals surface area contributed by atoms with Crippen LogP contribution in [0.4, 0.5) is 0 Å². The molecule has 0 radical (unpaired) electrons. The molecule has 1 aliphatic heterocycles. The van der Waals surface area contributed by atoms with Crippen molar-refractivity contribution in [1.82, 2.24) is 0 Å². The number of methoxy groups -OCH3 is 1. The topological polar surface area (TPSA) is 18.5 Å². The van der Waals surface area contributed by atoms with Gasteiger partial charge in [-0.1, -0.05) is 12.1 Å². The molecule has 0 spiro atoms. The minimum Gasteiger partial charge on any atom is -0.497 e. The molecule has 3 rings (SSSR count). The maximum absolute atomic E-state index is 5.89. The summed E-state index contributed by atoms with van der Waals surface area (Å²) in [6.07, 6.45) is 1.13. The van der Waals surface area contributed by atoms with E-state index in [1.807, 2.05) is 12.1 Å². The summed E-state index contributed by atoms with van der Waals surface area (Å²) in [6, 6.07) is 10.3. The Labute approximate surface area is 105 Å². The monoisotopic (exact) mass is 246 g/mol. The summed E-state index contributed by atoms with van der Waals surface area (Å²) in [7, 11) is 1.68. The van der Waals surface area contributed by atoms with E-state index in [0.717, 1.165) is 18.8 Å². The van der Waals surface area contributed by atoms with Gasteiger partial charge in [-0.2, -0.15) is 0 Å². The van der Waals surface area contributed by atoms with Crippen LogP contribution in [0.2, 0.25) is 0 Å². The first-order chi connectivity index (χ1) is 8.38. The zero-order chi connectivity index (χ0) is 11.7. The van der Waals surface area contributed by atoms with E-state index in [1.165, 1.54) is 16.0 Å². The lowest BCUT2D eigenvalue weighted by atomic mass is 10.0. The van der Waals surface area contributed by atoms with Crippen molar-refractivity contribution in [2.24, 2.45) is 0 Å². The molecule has 17 heavy (non-hydrogen) atoms. The van der Waals surface area contributed by atoms with Crippen molar-refractivity contribution >= 4 is 11.3 Å². The molecule has 0 bridgehead atoms. The fourth-order valence-electron chi connectivity index (χ4n) is 2.17. The van der Waals surface area contributed by atoms with E-state index in [4.69, 9.17) is 9.47 Å². The lowest BCUT2D eigenvalue weighted by molar-refractivity contribution is 0.0728. The molecule has 3 heteroatoms. The van der Waals surface area contributed by atoms with Gasteiger partial charge in [0, 0.05) is 4.88 Å². The van der Waals surface area contributed by atoms with Gasteiger partial charge in [0.25, 0.3) is 0 Å². The largest absolute Gasteiger partial charge is 0.497 e. The molecule has 1 unspecified atom stereocenters. The van der Waals surface area contributed by atoms with Crippen molar-refractivity contribution < 1.29 is 9.47 Å². The van der Waals surface area contributed by atoms with Crippen molar-refractivity contribution in [1.29, 1.82) is 0 Å². The standard InChI is InChI=1S/C14H14O2S/c1-15-12-4-2-10(3-5-12)13-14-11(6-8-16-13)7-9-17-14/h2-5,7,9,13H,6,8H2,1H3. The summed E-state index contributed by atoms with van der Waals surface area (Å²) in [4.78, 5) is 1.35. The SMILES string of the molecule is COc1ccc(C2OCCc3ccsc32)cc1. The van der Waals surface area contributed by atoms with Crippen LogP contribution in [-0.4, -0.2) is 13.7 Å². The van der Waals surface area contributed by atoms with Gasteiger partial charge in [-0.05, 0) is 41.1 Å². The third-order valence-corrected chi connectivity index (χ3v) is 4.10. The molecule has 2 heterocycles. The van der Waals surface area contributed by atoms with Crippen LogP contribution in [0.5, 0.6) is 5.75 Å². The summed E-state index contributed by atoms with van der Waals surface area (Å²) in [5, 5.41) is 2.15. The highest BCUT2D eigenvalue weighted by Crippen LogP contribution is 2.36. The van der Waals surface area contributed by atoms with E-state index in [9.17, 15) is 0 Å². The van der Waals surface area contributed by atoms with E-state index in [2.05, 4.69) is 23.6 Å². The molecule has 2 aromatic rings. The smallest absolute Gasteiger partial charge is 0.118 e. The number of rotatable bonds is 2. The average Bonchev–Trinajstić information content (AvgIpc) is 2.87. The van der Waals surface area contributed by atoms with Gasteiger partial charge in [0.15, 0.2) is 0 Å². The number of hydrogen-bond donors (Lipinski definition) is 0. The molecule has 2 nitrogen and oxygen atoms in total. The van der Waals surface area contributed by atoms with Gasteiger partial charge in [0.1, 0.15) is 11.9 Å². The van der Waals surface area contributed by atoms with Crippen molar-refractivity contribution in [2.75, 3.05) is 13.7 Å². The first-order valence-electron chi connectivity index (χ1n) is 5.70. The van der Waals surface area contributed by atoms with Crippen LogP contribution in [0, 0.1) is 0 Å². The summed E-state index contributed by atoms with van der Waals surface area (Å²) in [5.41, 5.74) is 2.64. The van der Waals surface area contributed by atoms with E-state index in [1.54, 1.807) is 18.4 Å². The minimum absolute atomic E-state index is 0.102. The van der Waals surface area contributed by atoms with Crippen molar-refractivity contribution in [3.63, 3.8) is 0 Å². The van der Waals surface area contributed by atoms with Crippen LogP contribution in [0.1, 0.15) is 22.1 Å². The highest BCUT2D eigenvalue weighted by Gasteiger charge is 2.23. The minimum atomic E-state index is 0.102. The zero-order valence-corrected chi connectivity index (χ0v) is 10.5. The zero-order valence-electron chi connectivity index (χ0n) is 9.68. The highest BCUT2D eigenvalue weighted by atomic mass is 32.1. The average molecular weight is 246 g/mol. The lowest BCUT2D eigenvalue weighted by Crippen LogP contribution is -2.14. The van der Waals surface area contributed by atoms with Gasteiger partial charge >= 0.3 is 0 Å². The first-order valence-corrected chi connectivity index (χ1v) is 6.58. The van der Waals surface area contributed by atoms with E-state index in [-0.39, 0.29) is 6.10 Å². The molecule has 1 aromatic heterocycles. The van der Waals surface area contributed by atoms with Crippen LogP contribution >= 0.6 is 11.3 Å². The number of thiophene rings is 1. The third-order valence-electron chi connectivity index (χ3n) is 3.09. The number of fused-ring (bicyclic) bond motifs is 1. The molecule has 1 aliphatic rings. The molecule has 0 aliphatic carbocycles. The predicted molar refractivity (Wildman–Crippen MR) is 68.8 cm³/mol. The Morgan fingerprint density at radius 3 is 2.82 bits per heavy atom. The lowest BCUT2D eigenvalue weighted by Gasteiger charge is -2.23. The van der Waals surface area contributed by atoms with E-state index in [0.29, 0.717) is 0 Å². The predicted octanol–water partition coefficient (Wildman–Crippen LogP) is 3.42. The maximum Gasteiger partial charge on any atom is 0.118 e. The van der Waals surface area contributed by atoms with Crippen LogP contribution in [-0.2, 0) is 11.2 Å². The molecule has 0 saturated heterocycles. The Morgan fingerprint density at radius 2 is 2.06 bits per heavy atom. The van der Waals surface area contributed by atoms with Crippen LogP contribution < -0.4 is 4.74 Å². The van der Waals surface area contributed by atoms with Gasteiger partial charge in [0.2, 0.25) is 0 Å². The second-order valence-corrected chi connectivity index (χ2v) is 5.03. The van der Waals surface area contributed by atoms with E-state index < -0.39 is 0 Å². The normalized spacial score (nSPS) is 18.8. The molecule has 0 amide bonds. The van der Waals surface area contributed by atoms with E-state index >= 15 is 0 Å². The Balaban J connectivity index is 1.95. The molecule has 0 saturated carbocycles. The van der Waals surface area contributed by atoms with Gasteiger partial charge < -0.3 is 9.47 Å². The van der Waals surface area contributed by atoms with Crippen molar-refractivity contribution in [3.05, 3.63) is 51.7 Å². The summed E-state index contributed by atoms with van der Waals surface area (Å²) >= 11 is 1.78. The first kappa shape index (κ1) is 10.8. The number of ether oxygens (including phenoxy) is 2. The van der Waals surface area contributed by atoms with Gasteiger partial charge in [-0.3, -0.25) is 0 Å². The summed E-state index contributed by atoms with van der Waals surface area (Å²) < 4.78 is 11.1. The highest BCUT2D eigenvalue weighted by molar-refractivity contribution is 7.10. The Morgan fingerprint density at radius 1 is 1.24 bits per heavy atom. The second-order valence-electron chi connectivity index (χ2n) is 4.08. The molecule has 0 N–H and O–H groups in total. The third kappa shape index (κ3) is 1.96.